The van der Waals surface area contributed by atoms with Crippen molar-refractivity contribution in [2.45, 2.75) is 6.61 Å². The number of ether oxygens (including phenoxy) is 1. The van der Waals surface area contributed by atoms with E-state index in [2.05, 4.69) is 5.32 Å². The highest BCUT2D eigenvalue weighted by Gasteiger charge is 2.03. The molecule has 0 atom stereocenters. The highest BCUT2D eigenvalue weighted by atomic mass is 16.5. The smallest absolute Gasteiger partial charge is 0.238 e. The van der Waals surface area contributed by atoms with E-state index in [0.29, 0.717) is 6.61 Å². The van der Waals surface area contributed by atoms with Gasteiger partial charge in [0, 0.05) is 18.4 Å². The van der Waals surface area contributed by atoms with Gasteiger partial charge in [0.2, 0.25) is 5.91 Å². The minimum absolute atomic E-state index is 0.0126. The van der Waals surface area contributed by atoms with E-state index in [0.717, 1.165) is 11.3 Å². The second kappa shape index (κ2) is 5.36. The number of anilines is 1. The first-order chi connectivity index (χ1) is 6.77. The van der Waals surface area contributed by atoms with Crippen LogP contribution in [0, 0.1) is 0 Å². The van der Waals surface area contributed by atoms with E-state index in [1.165, 1.54) is 0 Å². The third-order valence-corrected chi connectivity index (χ3v) is 1.78. The zero-order valence-corrected chi connectivity index (χ0v) is 8.12. The number of carbonyl (C=O) groups excluding carboxylic acids is 1. The lowest BCUT2D eigenvalue weighted by atomic mass is 10.2. The topological polar surface area (TPSA) is 64.3 Å². The van der Waals surface area contributed by atoms with Gasteiger partial charge in [0.25, 0.3) is 0 Å². The number of benzene rings is 1. The number of hydrogen-bond donors (Lipinski definition) is 2. The number of rotatable bonds is 4. The Bertz CT molecular complexity index is 313. The molecule has 0 aromatic heterocycles. The second-order valence-corrected chi connectivity index (χ2v) is 2.84. The van der Waals surface area contributed by atoms with Crippen molar-refractivity contribution in [3.05, 3.63) is 29.8 Å². The number of nitrogens with one attached hydrogen (secondary N) is 1. The number of para-hydroxylation sites is 1. The van der Waals surface area contributed by atoms with Crippen molar-refractivity contribution in [1.82, 2.24) is 0 Å². The van der Waals surface area contributed by atoms with E-state index in [9.17, 15) is 4.79 Å². The molecule has 0 fully saturated rings. The molecule has 0 aliphatic rings. The minimum Gasteiger partial charge on any atom is -0.380 e. The van der Waals surface area contributed by atoms with Crippen LogP contribution >= 0.6 is 0 Å². The predicted octanol–water partition coefficient (Wildman–Crippen LogP) is 0.730. The van der Waals surface area contributed by atoms with Crippen LogP contribution in [-0.2, 0) is 16.1 Å². The zero-order valence-electron chi connectivity index (χ0n) is 8.12. The Kier molecular flexibility index (Phi) is 4.10. The molecule has 1 aromatic carbocycles. The van der Waals surface area contributed by atoms with Crippen molar-refractivity contribution in [3.8, 4) is 0 Å². The van der Waals surface area contributed by atoms with Crippen molar-refractivity contribution in [2.24, 2.45) is 5.73 Å². The summed E-state index contributed by atoms with van der Waals surface area (Å²) in [7, 11) is 1.61. The zero-order chi connectivity index (χ0) is 10.4. The summed E-state index contributed by atoms with van der Waals surface area (Å²) in [5, 5.41) is 2.70. The van der Waals surface area contributed by atoms with Crippen molar-refractivity contribution < 1.29 is 9.53 Å². The molecule has 0 heterocycles. The van der Waals surface area contributed by atoms with Crippen LogP contribution < -0.4 is 11.1 Å². The van der Waals surface area contributed by atoms with E-state index in [1.807, 2.05) is 24.3 Å². The van der Waals surface area contributed by atoms with Crippen LogP contribution in [0.3, 0.4) is 0 Å². The Hall–Kier alpha value is -1.39. The fourth-order valence-corrected chi connectivity index (χ4v) is 1.12. The SMILES string of the molecule is COCc1ccccc1NC(=O)CN. The molecule has 1 rings (SSSR count). The first-order valence-corrected chi connectivity index (χ1v) is 4.34. The summed E-state index contributed by atoms with van der Waals surface area (Å²) < 4.78 is 5.00. The Labute approximate surface area is 83.1 Å². The number of methoxy groups -OCH3 is 1. The Morgan fingerprint density at radius 1 is 1.50 bits per heavy atom. The fourth-order valence-electron chi connectivity index (χ4n) is 1.12. The van der Waals surface area contributed by atoms with Crippen molar-refractivity contribution >= 4 is 11.6 Å². The summed E-state index contributed by atoms with van der Waals surface area (Å²) >= 11 is 0. The molecule has 76 valence electrons. The average Bonchev–Trinajstić information content (AvgIpc) is 2.21. The van der Waals surface area contributed by atoms with Gasteiger partial charge in [0.05, 0.1) is 13.2 Å². The van der Waals surface area contributed by atoms with Gasteiger partial charge in [-0.15, -0.1) is 0 Å². The van der Waals surface area contributed by atoms with E-state index in [-0.39, 0.29) is 12.5 Å². The quantitative estimate of drug-likeness (QED) is 0.742. The number of nitrogens with two attached hydrogens (primary N) is 1. The van der Waals surface area contributed by atoms with Crippen LogP contribution in [0.5, 0.6) is 0 Å². The van der Waals surface area contributed by atoms with Crippen LogP contribution in [0.1, 0.15) is 5.56 Å². The molecule has 0 spiro atoms. The molecule has 4 heteroatoms. The summed E-state index contributed by atoms with van der Waals surface area (Å²) in [5.41, 5.74) is 6.90. The van der Waals surface area contributed by atoms with Crippen LogP contribution in [0.25, 0.3) is 0 Å². The molecular formula is C10H14N2O2. The summed E-state index contributed by atoms with van der Waals surface area (Å²) in [6.07, 6.45) is 0. The van der Waals surface area contributed by atoms with Gasteiger partial charge in [0.1, 0.15) is 0 Å². The van der Waals surface area contributed by atoms with Gasteiger partial charge in [-0.1, -0.05) is 18.2 Å². The lowest BCUT2D eigenvalue weighted by Crippen LogP contribution is -2.22. The van der Waals surface area contributed by atoms with E-state index in [4.69, 9.17) is 10.5 Å². The summed E-state index contributed by atoms with van der Waals surface area (Å²) in [6.45, 7) is 0.461. The maximum atomic E-state index is 11.1. The second-order valence-electron chi connectivity index (χ2n) is 2.84. The first-order valence-electron chi connectivity index (χ1n) is 4.34. The highest BCUT2D eigenvalue weighted by molar-refractivity contribution is 5.92. The molecule has 1 amide bonds. The molecule has 14 heavy (non-hydrogen) atoms. The van der Waals surface area contributed by atoms with Gasteiger partial charge in [-0.25, -0.2) is 0 Å². The number of hydrogen-bond acceptors (Lipinski definition) is 3. The molecule has 0 unspecified atom stereocenters. The lowest BCUT2D eigenvalue weighted by molar-refractivity contribution is -0.114. The van der Waals surface area contributed by atoms with Gasteiger partial charge in [-0.05, 0) is 6.07 Å². The Morgan fingerprint density at radius 3 is 2.86 bits per heavy atom. The van der Waals surface area contributed by atoms with Crippen molar-refractivity contribution in [1.29, 1.82) is 0 Å². The average molecular weight is 194 g/mol. The molecule has 0 radical (unpaired) electrons. The molecule has 3 N–H and O–H groups in total. The minimum atomic E-state index is -0.200. The van der Waals surface area contributed by atoms with Gasteiger partial charge in [-0.2, -0.15) is 0 Å². The third-order valence-electron chi connectivity index (χ3n) is 1.78. The molecule has 0 bridgehead atoms. The van der Waals surface area contributed by atoms with Gasteiger partial charge in [-0.3, -0.25) is 4.79 Å². The van der Waals surface area contributed by atoms with Crippen LogP contribution in [-0.4, -0.2) is 19.6 Å². The maximum absolute atomic E-state index is 11.1. The van der Waals surface area contributed by atoms with E-state index >= 15 is 0 Å². The summed E-state index contributed by atoms with van der Waals surface area (Å²) in [5.74, 6) is -0.200. The molecular weight excluding hydrogens is 180 g/mol. The summed E-state index contributed by atoms with van der Waals surface area (Å²) in [6, 6.07) is 7.47. The third kappa shape index (κ3) is 2.83. The highest BCUT2D eigenvalue weighted by Crippen LogP contribution is 2.15. The monoisotopic (exact) mass is 194 g/mol. The van der Waals surface area contributed by atoms with Gasteiger partial charge in [0.15, 0.2) is 0 Å². The molecule has 0 aliphatic heterocycles. The van der Waals surface area contributed by atoms with Crippen molar-refractivity contribution in [3.63, 3.8) is 0 Å². The van der Waals surface area contributed by atoms with Gasteiger partial charge >= 0.3 is 0 Å². The van der Waals surface area contributed by atoms with E-state index < -0.39 is 0 Å². The first kappa shape index (κ1) is 10.7. The van der Waals surface area contributed by atoms with Crippen LogP contribution in [0.15, 0.2) is 24.3 Å². The molecule has 4 nitrogen and oxygen atoms in total. The Morgan fingerprint density at radius 2 is 2.21 bits per heavy atom. The molecule has 0 saturated carbocycles. The van der Waals surface area contributed by atoms with E-state index in [1.54, 1.807) is 7.11 Å². The number of carbonyl (C=O) groups is 1. The molecule has 0 aliphatic carbocycles. The Balaban J connectivity index is 2.78. The van der Waals surface area contributed by atoms with Gasteiger partial charge < -0.3 is 15.8 Å². The summed E-state index contributed by atoms with van der Waals surface area (Å²) in [4.78, 5) is 11.1. The molecule has 0 saturated heterocycles. The standard InChI is InChI=1S/C10H14N2O2/c1-14-7-8-4-2-3-5-9(8)12-10(13)6-11/h2-5H,6-7,11H2,1H3,(H,12,13). The molecule has 1 aromatic rings. The normalized spacial score (nSPS) is 9.86. The van der Waals surface area contributed by atoms with Crippen LogP contribution in [0.2, 0.25) is 0 Å². The number of amides is 1. The largest absolute Gasteiger partial charge is 0.380 e. The fraction of sp³-hybridized carbons (Fsp3) is 0.300. The maximum Gasteiger partial charge on any atom is 0.238 e. The lowest BCUT2D eigenvalue weighted by Gasteiger charge is -2.09. The van der Waals surface area contributed by atoms with Crippen molar-refractivity contribution in [2.75, 3.05) is 19.0 Å². The van der Waals surface area contributed by atoms with Crippen LogP contribution in [0.4, 0.5) is 5.69 Å². The predicted molar refractivity (Wildman–Crippen MR) is 54.8 cm³/mol.